The first-order chi connectivity index (χ1) is 14.0. The van der Waals surface area contributed by atoms with Gasteiger partial charge in [-0.3, -0.25) is 4.79 Å². The number of carbonyl (C=O) groups excluding carboxylic acids is 1. The van der Waals surface area contributed by atoms with Crippen LogP contribution in [0.2, 0.25) is 18.1 Å². The molecule has 1 aromatic heterocycles. The number of Topliss-reactive ketones (excluding diaryl/α,β-unsaturated/α-hetero) is 1. The maximum Gasteiger partial charge on any atom is 0.501 e. The fourth-order valence-corrected chi connectivity index (χ4v) is 5.94. The van der Waals surface area contributed by atoms with E-state index in [0.29, 0.717) is 10.6 Å². The largest absolute Gasteiger partial charge is 0.543 e. The highest BCUT2D eigenvalue weighted by molar-refractivity contribution is 7.96. The number of benzene rings is 1. The molecule has 0 aliphatic heterocycles. The lowest BCUT2D eigenvalue weighted by molar-refractivity contribution is -0.0426. The van der Waals surface area contributed by atoms with Gasteiger partial charge in [0, 0.05) is 21.7 Å². The Hall–Kier alpha value is -1.91. The topological polar surface area (TPSA) is 60.4 Å². The standard InChI is InChI=1S/C21H23F3O4S2Si/c1-20(2,3)31(4,5)28-14-8-6-7-13(9-14)18-12-16-17(25)10-15(11-19(16)29-18)30(26,27)21(22,23)24/h6-9,11-12H,10H2,1-5H3. The van der Waals surface area contributed by atoms with E-state index in [1.807, 2.05) is 24.3 Å². The Labute approximate surface area is 184 Å². The van der Waals surface area contributed by atoms with E-state index >= 15 is 0 Å². The number of sulfone groups is 1. The fourth-order valence-electron chi connectivity index (χ4n) is 2.81. The van der Waals surface area contributed by atoms with Crippen LogP contribution in [0, 0.1) is 0 Å². The summed E-state index contributed by atoms with van der Waals surface area (Å²) in [6.07, 6.45) is 0.170. The summed E-state index contributed by atoms with van der Waals surface area (Å²) in [4.78, 5) is 12.3. The number of thiophene rings is 1. The summed E-state index contributed by atoms with van der Waals surface area (Å²) in [6.45, 7) is 10.6. The number of hydrogen-bond donors (Lipinski definition) is 0. The molecule has 0 spiro atoms. The lowest BCUT2D eigenvalue weighted by Crippen LogP contribution is -2.43. The minimum atomic E-state index is -5.54. The summed E-state index contributed by atoms with van der Waals surface area (Å²) >= 11 is 1.08. The molecular weight excluding hydrogens is 465 g/mol. The maximum absolute atomic E-state index is 12.9. The zero-order chi connectivity index (χ0) is 23.4. The molecule has 0 N–H and O–H groups in total. The second kappa shape index (κ2) is 7.60. The first-order valence-electron chi connectivity index (χ1n) is 9.51. The van der Waals surface area contributed by atoms with Gasteiger partial charge in [0.25, 0.3) is 9.84 Å². The summed E-state index contributed by atoms with van der Waals surface area (Å²) in [5.41, 5.74) is -4.46. The summed E-state index contributed by atoms with van der Waals surface area (Å²) in [6, 6.07) is 8.90. The van der Waals surface area contributed by atoms with Crippen molar-refractivity contribution in [3.8, 4) is 16.2 Å². The molecule has 0 radical (unpaired) electrons. The van der Waals surface area contributed by atoms with Crippen LogP contribution < -0.4 is 4.43 Å². The first kappa shape index (κ1) is 23.7. The van der Waals surface area contributed by atoms with Gasteiger partial charge in [0.2, 0.25) is 8.32 Å². The van der Waals surface area contributed by atoms with E-state index in [4.69, 9.17) is 4.43 Å². The van der Waals surface area contributed by atoms with Gasteiger partial charge >= 0.3 is 5.51 Å². The van der Waals surface area contributed by atoms with E-state index < -0.39 is 40.8 Å². The molecule has 1 aliphatic rings. The molecule has 0 atom stereocenters. The van der Waals surface area contributed by atoms with E-state index in [1.54, 1.807) is 6.07 Å². The van der Waals surface area contributed by atoms with Gasteiger partial charge in [-0.25, -0.2) is 8.42 Å². The van der Waals surface area contributed by atoms with E-state index in [-0.39, 0.29) is 15.5 Å². The van der Waals surface area contributed by atoms with Crippen LogP contribution in [0.1, 0.15) is 42.4 Å². The lowest BCUT2D eigenvalue weighted by Gasteiger charge is -2.36. The number of fused-ring (bicyclic) bond motifs is 1. The Bertz CT molecular complexity index is 1170. The molecule has 1 aromatic carbocycles. The molecule has 168 valence electrons. The second-order valence-electron chi connectivity index (χ2n) is 8.94. The molecule has 0 amide bonds. The highest BCUT2D eigenvalue weighted by atomic mass is 32.2. The smallest absolute Gasteiger partial charge is 0.501 e. The molecule has 0 saturated carbocycles. The number of carbonyl (C=O) groups is 1. The molecule has 10 heteroatoms. The van der Waals surface area contributed by atoms with Gasteiger partial charge in [-0.1, -0.05) is 32.9 Å². The van der Waals surface area contributed by atoms with Crippen molar-refractivity contribution in [3.05, 3.63) is 45.7 Å². The average molecular weight is 489 g/mol. The number of alkyl halides is 3. The van der Waals surface area contributed by atoms with Crippen molar-refractivity contribution < 1.29 is 30.8 Å². The molecule has 0 saturated heterocycles. The number of halogens is 3. The van der Waals surface area contributed by atoms with E-state index in [2.05, 4.69) is 33.9 Å². The Kier molecular flexibility index (Phi) is 5.82. The Morgan fingerprint density at radius 3 is 2.32 bits per heavy atom. The molecule has 1 aliphatic carbocycles. The van der Waals surface area contributed by atoms with Crippen molar-refractivity contribution in [1.82, 2.24) is 0 Å². The zero-order valence-corrected chi connectivity index (χ0v) is 20.4. The van der Waals surface area contributed by atoms with Crippen LogP contribution in [-0.4, -0.2) is 28.0 Å². The van der Waals surface area contributed by atoms with Crippen LogP contribution in [0.3, 0.4) is 0 Å². The van der Waals surface area contributed by atoms with Gasteiger partial charge in [-0.15, -0.1) is 11.3 Å². The summed E-state index contributed by atoms with van der Waals surface area (Å²) in [5, 5.41) is 0.00260. The number of allylic oxidation sites excluding steroid dienone is 1. The highest BCUT2D eigenvalue weighted by Gasteiger charge is 2.49. The Balaban J connectivity index is 1.99. The minimum absolute atomic E-state index is 0.00260. The predicted octanol–water partition coefficient (Wildman–Crippen LogP) is 6.66. The van der Waals surface area contributed by atoms with E-state index in [1.165, 1.54) is 0 Å². The third-order valence-electron chi connectivity index (χ3n) is 5.64. The Morgan fingerprint density at radius 1 is 1.10 bits per heavy atom. The lowest BCUT2D eigenvalue weighted by atomic mass is 10.0. The average Bonchev–Trinajstić information content (AvgIpc) is 3.04. The van der Waals surface area contributed by atoms with E-state index in [0.717, 1.165) is 23.0 Å². The van der Waals surface area contributed by atoms with Crippen molar-refractivity contribution in [3.63, 3.8) is 0 Å². The second-order valence-corrected chi connectivity index (χ2v) is 16.7. The van der Waals surface area contributed by atoms with Crippen LogP contribution in [-0.2, 0) is 9.84 Å². The van der Waals surface area contributed by atoms with Crippen LogP contribution >= 0.6 is 11.3 Å². The quantitative estimate of drug-likeness (QED) is 0.452. The van der Waals surface area contributed by atoms with Gasteiger partial charge in [0.15, 0.2) is 5.78 Å². The predicted molar refractivity (Wildman–Crippen MR) is 119 cm³/mol. The maximum atomic E-state index is 12.9. The Morgan fingerprint density at radius 2 is 1.74 bits per heavy atom. The molecule has 3 rings (SSSR count). The molecule has 1 heterocycles. The van der Waals surface area contributed by atoms with Crippen molar-refractivity contribution in [2.75, 3.05) is 0 Å². The summed E-state index contributed by atoms with van der Waals surface area (Å²) in [5.74, 6) is 0.0363. The van der Waals surface area contributed by atoms with Crippen LogP contribution in [0.5, 0.6) is 5.75 Å². The van der Waals surface area contributed by atoms with Crippen molar-refractivity contribution in [1.29, 1.82) is 0 Å². The van der Waals surface area contributed by atoms with Gasteiger partial charge in [0.1, 0.15) is 5.75 Å². The number of hydrogen-bond acceptors (Lipinski definition) is 5. The monoisotopic (exact) mass is 488 g/mol. The van der Waals surface area contributed by atoms with Gasteiger partial charge < -0.3 is 4.43 Å². The molecular formula is C21H23F3O4S2Si. The van der Waals surface area contributed by atoms with Crippen LogP contribution in [0.4, 0.5) is 13.2 Å². The fraction of sp³-hybridized carbons (Fsp3) is 0.381. The van der Waals surface area contributed by atoms with E-state index in [9.17, 15) is 26.4 Å². The molecule has 0 unspecified atom stereocenters. The van der Waals surface area contributed by atoms with Crippen molar-refractivity contribution in [2.24, 2.45) is 0 Å². The minimum Gasteiger partial charge on any atom is -0.543 e. The molecule has 0 fully saturated rings. The van der Waals surface area contributed by atoms with Crippen molar-refractivity contribution >= 4 is 41.4 Å². The van der Waals surface area contributed by atoms with Gasteiger partial charge in [-0.2, -0.15) is 13.2 Å². The van der Waals surface area contributed by atoms with Gasteiger partial charge in [-0.05, 0) is 48.0 Å². The number of ketones is 1. The highest BCUT2D eigenvalue weighted by Crippen LogP contribution is 2.42. The van der Waals surface area contributed by atoms with Crippen LogP contribution in [0.15, 0.2) is 35.2 Å². The summed E-state index contributed by atoms with van der Waals surface area (Å²) in [7, 11) is -7.61. The normalized spacial score (nSPS) is 15.5. The van der Waals surface area contributed by atoms with Crippen LogP contribution in [0.25, 0.3) is 16.5 Å². The third kappa shape index (κ3) is 4.51. The molecule has 2 aromatic rings. The first-order valence-corrected chi connectivity index (χ1v) is 14.7. The molecule has 31 heavy (non-hydrogen) atoms. The molecule has 4 nitrogen and oxygen atoms in total. The van der Waals surface area contributed by atoms with Gasteiger partial charge in [0.05, 0.1) is 4.91 Å². The number of rotatable bonds is 4. The third-order valence-corrected chi connectivity index (χ3v) is 12.7. The SMILES string of the molecule is CC(C)(C)[Si](C)(C)Oc1cccc(-c2cc3c(s2)C=C(S(=O)(=O)C(F)(F)F)CC3=O)c1. The zero-order valence-electron chi connectivity index (χ0n) is 17.8. The van der Waals surface area contributed by atoms with Crippen molar-refractivity contribution in [2.45, 2.75) is 50.8 Å². The summed E-state index contributed by atoms with van der Waals surface area (Å²) < 4.78 is 68.5. The molecule has 0 bridgehead atoms.